The molecule has 0 saturated carbocycles. The van der Waals surface area contributed by atoms with Crippen LogP contribution in [0.15, 0.2) is 41.3 Å². The minimum Gasteiger partial charge on any atom is -0.302 e. The molecule has 1 heterocycles. The fourth-order valence-electron chi connectivity index (χ4n) is 2.18. The molecule has 0 aliphatic heterocycles. The van der Waals surface area contributed by atoms with Crippen LogP contribution < -0.4 is 5.32 Å². The van der Waals surface area contributed by atoms with Crippen LogP contribution in [0.25, 0.3) is 10.2 Å². The molecule has 26 heavy (non-hydrogen) atoms. The predicted molar refractivity (Wildman–Crippen MR) is 96.3 cm³/mol. The molecule has 1 amide bonds. The monoisotopic (exact) mass is 416 g/mol. The van der Waals surface area contributed by atoms with Crippen LogP contribution in [0.4, 0.5) is 13.9 Å². The van der Waals surface area contributed by atoms with E-state index in [0.29, 0.717) is 11.1 Å². The SMILES string of the molecule is O=C(CCS(=O)(=O)c1ccc(Cl)cc1)Nc1nc2c(F)cc(F)cc2s1. The lowest BCUT2D eigenvalue weighted by atomic mass is 10.3. The number of nitrogens with one attached hydrogen (secondary N) is 1. The van der Waals surface area contributed by atoms with E-state index >= 15 is 0 Å². The topological polar surface area (TPSA) is 76.1 Å². The highest BCUT2D eigenvalue weighted by Gasteiger charge is 2.18. The van der Waals surface area contributed by atoms with Crippen LogP contribution in [-0.2, 0) is 14.6 Å². The molecule has 3 aromatic rings. The molecule has 0 spiro atoms. The van der Waals surface area contributed by atoms with Crippen molar-refractivity contribution in [1.82, 2.24) is 4.98 Å². The summed E-state index contributed by atoms with van der Waals surface area (Å²) in [6, 6.07) is 7.43. The molecule has 0 radical (unpaired) electrons. The third-order valence-electron chi connectivity index (χ3n) is 3.43. The quantitative estimate of drug-likeness (QED) is 0.681. The first kappa shape index (κ1) is 18.7. The zero-order valence-electron chi connectivity index (χ0n) is 13.0. The number of hydrogen-bond acceptors (Lipinski definition) is 5. The van der Waals surface area contributed by atoms with Gasteiger partial charge in [0.15, 0.2) is 20.8 Å². The van der Waals surface area contributed by atoms with Gasteiger partial charge >= 0.3 is 0 Å². The van der Waals surface area contributed by atoms with E-state index < -0.39 is 33.1 Å². The van der Waals surface area contributed by atoms with Gasteiger partial charge in [0, 0.05) is 17.5 Å². The molecule has 136 valence electrons. The molecule has 0 atom stereocenters. The number of fused-ring (bicyclic) bond motifs is 1. The summed E-state index contributed by atoms with van der Waals surface area (Å²) in [6.07, 6.45) is -0.308. The van der Waals surface area contributed by atoms with Gasteiger partial charge in [-0.1, -0.05) is 22.9 Å². The Bertz CT molecular complexity index is 1080. The predicted octanol–water partition coefficient (Wildman–Crippen LogP) is 4.03. The van der Waals surface area contributed by atoms with Crippen LogP contribution >= 0.6 is 22.9 Å². The molecule has 10 heteroatoms. The largest absolute Gasteiger partial charge is 0.302 e. The Morgan fingerprint density at radius 1 is 1.19 bits per heavy atom. The number of rotatable bonds is 5. The van der Waals surface area contributed by atoms with Crippen molar-refractivity contribution in [3.63, 3.8) is 0 Å². The van der Waals surface area contributed by atoms with Crippen LogP contribution in [0.2, 0.25) is 5.02 Å². The summed E-state index contributed by atoms with van der Waals surface area (Å²) < 4.78 is 51.4. The second-order valence-electron chi connectivity index (χ2n) is 5.32. The van der Waals surface area contributed by atoms with Crippen molar-refractivity contribution in [2.45, 2.75) is 11.3 Å². The van der Waals surface area contributed by atoms with E-state index in [1.54, 1.807) is 0 Å². The number of carbonyl (C=O) groups is 1. The summed E-state index contributed by atoms with van der Waals surface area (Å²) in [6.45, 7) is 0. The number of halogens is 3. The van der Waals surface area contributed by atoms with Crippen LogP contribution in [-0.4, -0.2) is 25.1 Å². The van der Waals surface area contributed by atoms with Crippen LogP contribution in [0.1, 0.15) is 6.42 Å². The number of aromatic nitrogens is 1. The lowest BCUT2D eigenvalue weighted by Crippen LogP contribution is -2.17. The van der Waals surface area contributed by atoms with Gasteiger partial charge in [-0.05, 0) is 30.3 Å². The number of carbonyl (C=O) groups excluding carboxylic acids is 1. The maximum atomic E-state index is 13.6. The molecule has 2 aromatic carbocycles. The smallest absolute Gasteiger partial charge is 0.227 e. The summed E-state index contributed by atoms with van der Waals surface area (Å²) >= 11 is 6.62. The number of sulfone groups is 1. The first-order chi connectivity index (χ1) is 12.2. The lowest BCUT2D eigenvalue weighted by molar-refractivity contribution is -0.115. The molecule has 0 saturated heterocycles. The van der Waals surface area contributed by atoms with Crippen LogP contribution in [0.3, 0.4) is 0 Å². The molecule has 0 aliphatic carbocycles. The number of hydrogen-bond donors (Lipinski definition) is 1. The van der Waals surface area contributed by atoms with Gasteiger partial charge in [0.2, 0.25) is 5.91 Å². The zero-order chi connectivity index (χ0) is 18.9. The molecule has 1 aromatic heterocycles. The minimum atomic E-state index is -3.65. The Kier molecular flexibility index (Phi) is 5.22. The summed E-state index contributed by atoms with van der Waals surface area (Å²) in [5.74, 6) is -2.58. The van der Waals surface area contributed by atoms with E-state index in [1.165, 1.54) is 24.3 Å². The fourth-order valence-corrected chi connectivity index (χ4v) is 4.47. The van der Waals surface area contributed by atoms with Gasteiger partial charge in [0.25, 0.3) is 0 Å². The molecule has 5 nitrogen and oxygen atoms in total. The van der Waals surface area contributed by atoms with Crippen molar-refractivity contribution in [2.75, 3.05) is 11.1 Å². The Morgan fingerprint density at radius 3 is 2.58 bits per heavy atom. The van der Waals surface area contributed by atoms with E-state index in [-0.39, 0.29) is 26.7 Å². The van der Waals surface area contributed by atoms with Crippen molar-refractivity contribution >= 4 is 54.0 Å². The Balaban J connectivity index is 1.67. The Morgan fingerprint density at radius 2 is 1.88 bits per heavy atom. The minimum absolute atomic E-state index is 0.0551. The number of thiazole rings is 1. The van der Waals surface area contributed by atoms with Crippen molar-refractivity contribution in [3.8, 4) is 0 Å². The van der Waals surface area contributed by atoms with E-state index in [2.05, 4.69) is 10.3 Å². The lowest BCUT2D eigenvalue weighted by Gasteiger charge is -2.04. The number of benzene rings is 2. The van der Waals surface area contributed by atoms with Gasteiger partial charge in [-0.3, -0.25) is 4.79 Å². The maximum Gasteiger partial charge on any atom is 0.227 e. The van der Waals surface area contributed by atoms with E-state index in [0.717, 1.165) is 17.4 Å². The molecule has 3 rings (SSSR count). The Labute approximate surface area is 156 Å². The van der Waals surface area contributed by atoms with Crippen molar-refractivity contribution in [1.29, 1.82) is 0 Å². The van der Waals surface area contributed by atoms with E-state index in [1.807, 2.05) is 0 Å². The molecule has 0 aliphatic rings. The summed E-state index contributed by atoms with van der Waals surface area (Å²) in [5, 5.41) is 2.88. The van der Waals surface area contributed by atoms with Gasteiger partial charge in [0.05, 0.1) is 15.3 Å². The average molecular weight is 417 g/mol. The second kappa shape index (κ2) is 7.26. The van der Waals surface area contributed by atoms with Crippen molar-refractivity contribution in [2.24, 2.45) is 0 Å². The maximum absolute atomic E-state index is 13.6. The first-order valence-corrected chi connectivity index (χ1v) is 10.1. The summed E-state index contributed by atoms with van der Waals surface area (Å²) in [5.41, 5.74) is -0.0551. The number of anilines is 1. The third kappa shape index (κ3) is 4.17. The zero-order valence-corrected chi connectivity index (χ0v) is 15.4. The molecule has 0 fully saturated rings. The highest BCUT2D eigenvalue weighted by molar-refractivity contribution is 7.91. The van der Waals surface area contributed by atoms with E-state index in [4.69, 9.17) is 11.6 Å². The second-order valence-corrected chi connectivity index (χ2v) is 8.90. The number of amides is 1. The molecule has 0 bridgehead atoms. The van der Waals surface area contributed by atoms with Crippen molar-refractivity contribution < 1.29 is 22.0 Å². The van der Waals surface area contributed by atoms with Gasteiger partial charge < -0.3 is 5.32 Å². The van der Waals surface area contributed by atoms with Gasteiger partial charge in [-0.2, -0.15) is 0 Å². The third-order valence-corrected chi connectivity index (χ3v) is 6.33. The van der Waals surface area contributed by atoms with Gasteiger partial charge in [0.1, 0.15) is 11.3 Å². The highest BCUT2D eigenvalue weighted by atomic mass is 35.5. The summed E-state index contributed by atoms with van der Waals surface area (Å²) in [4.78, 5) is 15.9. The van der Waals surface area contributed by atoms with Crippen LogP contribution in [0.5, 0.6) is 0 Å². The Hall–Kier alpha value is -2.10. The molecular formula is C16H11ClF2N2O3S2. The van der Waals surface area contributed by atoms with Gasteiger partial charge in [-0.25, -0.2) is 22.2 Å². The summed E-state index contributed by atoms with van der Waals surface area (Å²) in [7, 11) is -3.65. The molecular weight excluding hydrogens is 406 g/mol. The fraction of sp³-hybridized carbons (Fsp3) is 0.125. The normalized spacial score (nSPS) is 11.7. The molecule has 0 unspecified atom stereocenters. The van der Waals surface area contributed by atoms with Crippen molar-refractivity contribution in [3.05, 3.63) is 53.1 Å². The standard InChI is InChI=1S/C16H11ClF2N2O3S2/c17-9-1-3-11(4-2-9)26(23,24)6-5-14(22)20-16-21-15-12(19)7-10(18)8-13(15)25-16/h1-4,7-8H,5-6H2,(H,20,21,22). The van der Waals surface area contributed by atoms with Crippen LogP contribution in [0, 0.1) is 11.6 Å². The average Bonchev–Trinajstić information content (AvgIpc) is 2.96. The highest BCUT2D eigenvalue weighted by Crippen LogP contribution is 2.28. The van der Waals surface area contributed by atoms with E-state index in [9.17, 15) is 22.0 Å². The number of nitrogens with zero attached hydrogens (tertiary/aromatic N) is 1. The molecule has 1 N–H and O–H groups in total. The van der Waals surface area contributed by atoms with Gasteiger partial charge in [-0.15, -0.1) is 0 Å². The first-order valence-electron chi connectivity index (χ1n) is 7.28.